The number of ether oxygens (including phenoxy) is 1. The van der Waals surface area contributed by atoms with E-state index in [9.17, 15) is 35.5 Å². The van der Waals surface area contributed by atoms with Crippen molar-refractivity contribution >= 4 is 0 Å². The normalized spacial score (nSPS) is 17.6. The molecule has 4 rings (SSSR count). The summed E-state index contributed by atoms with van der Waals surface area (Å²) in [7, 11) is 0. The lowest BCUT2D eigenvalue weighted by molar-refractivity contribution is -0.142. The van der Waals surface area contributed by atoms with Gasteiger partial charge in [0.1, 0.15) is 11.6 Å². The van der Waals surface area contributed by atoms with E-state index in [1.165, 1.54) is 0 Å². The highest BCUT2D eigenvalue weighted by Gasteiger charge is 2.40. The molecule has 188 valence electrons. The largest absolute Gasteiger partial charge is 0.417 e. The third-order valence-electron chi connectivity index (χ3n) is 5.69. The minimum atomic E-state index is -5.10. The van der Waals surface area contributed by atoms with E-state index in [1.807, 2.05) is 0 Å². The van der Waals surface area contributed by atoms with Gasteiger partial charge < -0.3 is 4.74 Å². The van der Waals surface area contributed by atoms with Crippen LogP contribution in [-0.2, 0) is 30.1 Å². The Morgan fingerprint density at radius 1 is 1.06 bits per heavy atom. The Labute approximate surface area is 193 Å². The predicted octanol–water partition coefficient (Wildman–Crippen LogP) is 4.39. The molecule has 0 amide bonds. The standard InChI is InChI=1S/C22H19F7N4O2/c23-15-3-1-12(2-4-15)19-13(7-14(21(24,25)26)9-17(19)22(27,28)29)8-16-11-35-6-5-33(16)10-18-30-20(34)32-31-18/h1-4,7,9,16H,5-6,8,10-11H2,(H2,30,31,32,34). The maximum atomic E-state index is 14.0. The first-order chi connectivity index (χ1) is 16.4. The summed E-state index contributed by atoms with van der Waals surface area (Å²) >= 11 is 0. The summed E-state index contributed by atoms with van der Waals surface area (Å²) < 4.78 is 102. The molecule has 1 unspecified atom stereocenters. The summed E-state index contributed by atoms with van der Waals surface area (Å²) in [5.74, 6) is -0.434. The van der Waals surface area contributed by atoms with Crippen LogP contribution in [0.25, 0.3) is 11.1 Å². The molecule has 1 saturated heterocycles. The van der Waals surface area contributed by atoms with Crippen LogP contribution in [0.5, 0.6) is 0 Å². The first kappa shape index (κ1) is 24.9. The monoisotopic (exact) mass is 504 g/mol. The number of nitrogens with one attached hydrogen (secondary N) is 2. The number of alkyl halides is 6. The van der Waals surface area contributed by atoms with E-state index >= 15 is 0 Å². The topological polar surface area (TPSA) is 74.0 Å². The molecule has 0 aliphatic carbocycles. The Morgan fingerprint density at radius 2 is 1.77 bits per heavy atom. The molecular formula is C22H19F7N4O2. The highest BCUT2D eigenvalue weighted by Crippen LogP contribution is 2.43. The molecule has 1 aromatic heterocycles. The summed E-state index contributed by atoms with van der Waals surface area (Å²) in [5, 5.41) is 6.02. The number of nitrogens with zero attached hydrogens (tertiary/aromatic N) is 2. The summed E-state index contributed by atoms with van der Waals surface area (Å²) in [5.41, 5.74) is -4.18. The molecule has 13 heteroatoms. The van der Waals surface area contributed by atoms with Gasteiger partial charge in [0, 0.05) is 12.6 Å². The average molecular weight is 504 g/mol. The molecule has 1 aliphatic rings. The van der Waals surface area contributed by atoms with Gasteiger partial charge in [-0.25, -0.2) is 14.3 Å². The molecule has 2 aromatic carbocycles. The maximum Gasteiger partial charge on any atom is 0.417 e. The number of hydrogen-bond donors (Lipinski definition) is 2. The van der Waals surface area contributed by atoms with Crippen LogP contribution in [0.3, 0.4) is 0 Å². The molecule has 0 spiro atoms. The average Bonchev–Trinajstić information content (AvgIpc) is 3.18. The fourth-order valence-corrected chi connectivity index (χ4v) is 4.12. The van der Waals surface area contributed by atoms with Gasteiger partial charge >= 0.3 is 18.0 Å². The molecular weight excluding hydrogens is 485 g/mol. The van der Waals surface area contributed by atoms with Gasteiger partial charge in [-0.15, -0.1) is 0 Å². The minimum absolute atomic E-state index is 0.0368. The van der Waals surface area contributed by atoms with E-state index in [0.29, 0.717) is 12.6 Å². The molecule has 0 bridgehead atoms. The SMILES string of the molecule is O=c1[nH]nc(CN2CCOCC2Cc2cc(C(F)(F)F)cc(C(F)(F)F)c2-c2ccc(F)cc2)[nH]1. The van der Waals surface area contributed by atoms with Crippen LogP contribution in [0.15, 0.2) is 41.2 Å². The third kappa shape index (κ3) is 5.73. The number of morpholine rings is 1. The number of aromatic amines is 2. The van der Waals surface area contributed by atoms with E-state index in [2.05, 4.69) is 15.2 Å². The Kier molecular flexibility index (Phi) is 6.73. The Bertz CT molecular complexity index is 1230. The van der Waals surface area contributed by atoms with Crippen molar-refractivity contribution < 1.29 is 35.5 Å². The summed E-state index contributed by atoms with van der Waals surface area (Å²) in [6.45, 7) is 0.738. The van der Waals surface area contributed by atoms with Crippen LogP contribution in [0, 0.1) is 5.82 Å². The first-order valence-electron chi connectivity index (χ1n) is 10.4. The molecule has 0 saturated carbocycles. The van der Waals surface area contributed by atoms with Crippen molar-refractivity contribution in [3.05, 3.63) is 75.2 Å². The lowest BCUT2D eigenvalue weighted by atomic mass is 9.88. The van der Waals surface area contributed by atoms with Crippen LogP contribution < -0.4 is 5.69 Å². The molecule has 6 nitrogen and oxygen atoms in total. The van der Waals surface area contributed by atoms with Crippen molar-refractivity contribution in [1.82, 2.24) is 20.1 Å². The number of halogens is 7. The zero-order chi connectivity index (χ0) is 25.4. The van der Waals surface area contributed by atoms with E-state index in [4.69, 9.17) is 4.74 Å². The molecule has 0 radical (unpaired) electrons. The Balaban J connectivity index is 1.82. The lowest BCUT2D eigenvalue weighted by Gasteiger charge is -2.35. The van der Waals surface area contributed by atoms with Gasteiger partial charge in [0.2, 0.25) is 0 Å². The summed E-state index contributed by atoms with van der Waals surface area (Å²) in [6.07, 6.45) is -10.3. The van der Waals surface area contributed by atoms with E-state index in [1.54, 1.807) is 4.90 Å². The number of hydrogen-bond acceptors (Lipinski definition) is 4. The highest BCUT2D eigenvalue weighted by atomic mass is 19.4. The van der Waals surface area contributed by atoms with Crippen molar-refractivity contribution in [2.75, 3.05) is 19.8 Å². The second-order valence-corrected chi connectivity index (χ2v) is 8.09. The van der Waals surface area contributed by atoms with Gasteiger partial charge in [-0.2, -0.15) is 31.4 Å². The van der Waals surface area contributed by atoms with Crippen LogP contribution >= 0.6 is 0 Å². The van der Waals surface area contributed by atoms with Gasteiger partial charge in [-0.05, 0) is 47.4 Å². The van der Waals surface area contributed by atoms with Crippen molar-refractivity contribution in [3.8, 4) is 11.1 Å². The number of H-pyrrole nitrogens is 2. The molecule has 35 heavy (non-hydrogen) atoms. The highest BCUT2D eigenvalue weighted by molar-refractivity contribution is 5.73. The first-order valence-corrected chi connectivity index (χ1v) is 10.4. The van der Waals surface area contributed by atoms with E-state index in [-0.39, 0.29) is 49.2 Å². The van der Waals surface area contributed by atoms with Crippen molar-refractivity contribution in [2.24, 2.45) is 0 Å². The van der Waals surface area contributed by atoms with Gasteiger partial charge in [0.05, 0.1) is 30.9 Å². The van der Waals surface area contributed by atoms with E-state index < -0.39 is 46.6 Å². The molecule has 2 N–H and O–H groups in total. The van der Waals surface area contributed by atoms with Crippen LogP contribution in [0.4, 0.5) is 30.7 Å². The van der Waals surface area contributed by atoms with Crippen molar-refractivity contribution in [3.63, 3.8) is 0 Å². The zero-order valence-corrected chi connectivity index (χ0v) is 17.9. The zero-order valence-electron chi connectivity index (χ0n) is 17.9. The van der Waals surface area contributed by atoms with Crippen LogP contribution in [0.2, 0.25) is 0 Å². The molecule has 2 heterocycles. The summed E-state index contributed by atoms with van der Waals surface area (Å²) in [4.78, 5) is 15.6. The number of benzene rings is 2. The minimum Gasteiger partial charge on any atom is -0.378 e. The molecule has 1 aliphatic heterocycles. The second kappa shape index (κ2) is 9.46. The van der Waals surface area contributed by atoms with Crippen molar-refractivity contribution in [1.29, 1.82) is 0 Å². The fourth-order valence-electron chi connectivity index (χ4n) is 4.12. The molecule has 1 fully saturated rings. The van der Waals surface area contributed by atoms with Gasteiger partial charge in [0.25, 0.3) is 0 Å². The van der Waals surface area contributed by atoms with Crippen LogP contribution in [0.1, 0.15) is 22.5 Å². The lowest BCUT2D eigenvalue weighted by Crippen LogP contribution is -2.46. The van der Waals surface area contributed by atoms with Gasteiger partial charge in [-0.3, -0.25) is 9.88 Å². The third-order valence-corrected chi connectivity index (χ3v) is 5.69. The van der Waals surface area contributed by atoms with Gasteiger partial charge in [0.15, 0.2) is 0 Å². The van der Waals surface area contributed by atoms with Gasteiger partial charge in [-0.1, -0.05) is 12.1 Å². The van der Waals surface area contributed by atoms with E-state index in [0.717, 1.165) is 24.3 Å². The smallest absolute Gasteiger partial charge is 0.378 e. The predicted molar refractivity (Wildman–Crippen MR) is 110 cm³/mol. The quantitative estimate of drug-likeness (QED) is 0.506. The fraction of sp³-hybridized carbons (Fsp3) is 0.364. The summed E-state index contributed by atoms with van der Waals surface area (Å²) in [6, 6.07) is 4.23. The number of aromatic nitrogens is 3. The molecule has 1 atom stereocenters. The Hall–Kier alpha value is -3.19. The second-order valence-electron chi connectivity index (χ2n) is 8.09. The van der Waals surface area contributed by atoms with Crippen molar-refractivity contribution in [2.45, 2.75) is 31.4 Å². The molecule has 3 aromatic rings. The Morgan fingerprint density at radius 3 is 2.37 bits per heavy atom. The number of rotatable bonds is 5. The maximum absolute atomic E-state index is 14.0. The van der Waals surface area contributed by atoms with Crippen LogP contribution in [-0.4, -0.2) is 45.9 Å².